The number of aliphatic imine (C=N–C) groups is 1. The molecular formula is C57H53N3O. The van der Waals surface area contributed by atoms with E-state index >= 15 is 0 Å². The predicted molar refractivity (Wildman–Crippen MR) is 265 cm³/mol. The highest BCUT2D eigenvalue weighted by molar-refractivity contribution is 6.23. The van der Waals surface area contributed by atoms with Crippen LogP contribution in [0.15, 0.2) is 204 Å². The van der Waals surface area contributed by atoms with Gasteiger partial charge in [-0.25, -0.2) is 0 Å². The largest absolute Gasteiger partial charge is 0.455 e. The van der Waals surface area contributed by atoms with Crippen LogP contribution in [-0.2, 0) is 0 Å². The van der Waals surface area contributed by atoms with Crippen molar-refractivity contribution in [3.63, 3.8) is 0 Å². The summed E-state index contributed by atoms with van der Waals surface area (Å²) in [4.78, 5) is 7.74. The van der Waals surface area contributed by atoms with Crippen molar-refractivity contribution in [1.82, 2.24) is 4.57 Å². The van der Waals surface area contributed by atoms with Gasteiger partial charge in [-0.15, -0.1) is 12.3 Å². The summed E-state index contributed by atoms with van der Waals surface area (Å²) < 4.78 is 8.84. The summed E-state index contributed by atoms with van der Waals surface area (Å²) >= 11 is 0. The zero-order chi connectivity index (χ0) is 42.7. The number of nitrogens with zero attached hydrogens (tertiary/aromatic N) is 3. The van der Waals surface area contributed by atoms with Crippen molar-refractivity contribution < 1.29 is 4.42 Å². The molecule has 6 aromatic carbocycles. The van der Waals surface area contributed by atoms with E-state index in [0.29, 0.717) is 0 Å². The zero-order valence-corrected chi connectivity index (χ0v) is 36.0. The molecule has 8 aromatic rings. The Morgan fingerprint density at radius 1 is 0.672 bits per heavy atom. The van der Waals surface area contributed by atoms with Crippen LogP contribution in [0.25, 0.3) is 61.5 Å². The summed E-state index contributed by atoms with van der Waals surface area (Å²) in [5, 5.41) is 5.97. The Labute approximate surface area is 360 Å². The van der Waals surface area contributed by atoms with Crippen LogP contribution in [0.1, 0.15) is 68.7 Å². The second-order valence-electron chi connectivity index (χ2n) is 14.6. The number of fused-ring (bicyclic) bond motifs is 9. The maximum Gasteiger partial charge on any atom is 0.147 e. The van der Waals surface area contributed by atoms with E-state index in [0.717, 1.165) is 61.4 Å². The Morgan fingerprint density at radius 3 is 2.07 bits per heavy atom. The lowest BCUT2D eigenvalue weighted by atomic mass is 9.95. The molecule has 0 fully saturated rings. The lowest BCUT2D eigenvalue weighted by Crippen LogP contribution is -2.30. The van der Waals surface area contributed by atoms with Gasteiger partial charge in [0.05, 0.1) is 16.9 Å². The van der Waals surface area contributed by atoms with Gasteiger partial charge in [-0.2, -0.15) is 0 Å². The van der Waals surface area contributed by atoms with Gasteiger partial charge in [0, 0.05) is 57.3 Å². The van der Waals surface area contributed by atoms with Crippen molar-refractivity contribution in [3.8, 4) is 5.69 Å². The van der Waals surface area contributed by atoms with E-state index < -0.39 is 0 Å². The molecule has 61 heavy (non-hydrogen) atoms. The van der Waals surface area contributed by atoms with Crippen molar-refractivity contribution in [2.45, 2.75) is 40.8 Å². The van der Waals surface area contributed by atoms with Gasteiger partial charge in [0.1, 0.15) is 17.3 Å². The molecule has 0 spiro atoms. The molecule has 0 saturated heterocycles. The number of allylic oxidation sites excluding steroid dienone is 9. The van der Waals surface area contributed by atoms with Gasteiger partial charge in [-0.1, -0.05) is 146 Å². The van der Waals surface area contributed by atoms with Crippen LogP contribution in [-0.4, -0.2) is 17.3 Å². The average molecular weight is 796 g/mol. The van der Waals surface area contributed by atoms with E-state index in [4.69, 9.17) is 9.41 Å². The molecule has 1 atom stereocenters. The normalized spacial score (nSPS) is 14.0. The Morgan fingerprint density at radius 2 is 1.33 bits per heavy atom. The van der Waals surface area contributed by atoms with Gasteiger partial charge in [0.2, 0.25) is 0 Å². The standard InChI is InChI=1S/C44H29N3O.C6H10.C4H8.C3H6/c1-46-37-19-9-7-16-35(37)42(36-18-11-17-33-32-14-8-10-21-40(32)48-43(33)36)45-44(46)29-22-25-30(26-23-29)47-38-20-4-2-3-15-34(38)41-31-13-6-5-12-28(31)24-27-39(41)47;1-3-5-6-4-2;1-3-4-2;1-3-2/h2-3,5-27,44H,1H3;3-6H,1-2H3;3-4H,1-2H3;3H,1H2,2H3/b;5-3-,6-4-;4-3-;. The zero-order valence-electron chi connectivity index (χ0n) is 36.0. The van der Waals surface area contributed by atoms with E-state index in [-0.39, 0.29) is 6.17 Å². The third-order valence-electron chi connectivity index (χ3n) is 10.7. The van der Waals surface area contributed by atoms with E-state index in [1.807, 2.05) is 89.3 Å². The average Bonchev–Trinajstić information content (AvgIpc) is 3.74. The first-order chi connectivity index (χ1) is 30.0. The quantitative estimate of drug-likeness (QED) is 0.101. The van der Waals surface area contributed by atoms with Crippen LogP contribution in [0.5, 0.6) is 0 Å². The van der Waals surface area contributed by atoms with E-state index in [1.54, 1.807) is 6.08 Å². The lowest BCUT2D eigenvalue weighted by molar-refractivity contribution is 0.666. The molecule has 4 heteroatoms. The van der Waals surface area contributed by atoms with Gasteiger partial charge in [0.15, 0.2) is 0 Å². The monoisotopic (exact) mass is 795 g/mol. The third-order valence-corrected chi connectivity index (χ3v) is 10.7. The fourth-order valence-electron chi connectivity index (χ4n) is 7.88. The summed E-state index contributed by atoms with van der Waals surface area (Å²) in [6.45, 7) is 13.2. The van der Waals surface area contributed by atoms with Crippen LogP contribution in [0.4, 0.5) is 5.69 Å². The van der Waals surface area contributed by atoms with Crippen LogP contribution < -0.4 is 4.90 Å². The topological polar surface area (TPSA) is 33.7 Å². The Kier molecular flexibility index (Phi) is 13.4. The Balaban J connectivity index is 0.000000382. The molecule has 0 radical (unpaired) electrons. The number of hydrogen-bond acceptors (Lipinski definition) is 3. The maximum absolute atomic E-state index is 6.48. The molecule has 2 aromatic heterocycles. The second-order valence-corrected chi connectivity index (χ2v) is 14.6. The highest BCUT2D eigenvalue weighted by atomic mass is 16.3. The summed E-state index contributed by atoms with van der Waals surface area (Å²) in [6.07, 6.45) is 21.9. The van der Waals surface area contributed by atoms with Crippen molar-refractivity contribution in [2.24, 2.45) is 4.99 Å². The van der Waals surface area contributed by atoms with Crippen molar-refractivity contribution in [2.75, 3.05) is 11.9 Å². The molecule has 0 bridgehead atoms. The SMILES string of the molecule is C/C=C\C.C/C=C\C=C/C.C=CC.CN1c2ccccc2C(c2cccc3c2oc2ccccc23)=NC1c1ccc(-n2c3c(c4c5ccccc5ccc42)C=CC=C=C3)cc1. The fraction of sp³-hybridized carbons (Fsp3) is 0.123. The van der Waals surface area contributed by atoms with Crippen LogP contribution in [0, 0.1) is 0 Å². The molecule has 0 amide bonds. The van der Waals surface area contributed by atoms with Crippen molar-refractivity contribution in [3.05, 3.63) is 222 Å². The van der Waals surface area contributed by atoms with E-state index in [2.05, 4.69) is 162 Å². The Hall–Kier alpha value is -7.39. The molecule has 1 aliphatic heterocycles. The first kappa shape index (κ1) is 41.8. The summed E-state index contributed by atoms with van der Waals surface area (Å²) in [5.74, 6) is 0. The number of aromatic nitrogens is 1. The minimum atomic E-state index is -0.211. The van der Waals surface area contributed by atoms with E-state index in [9.17, 15) is 0 Å². The van der Waals surface area contributed by atoms with Crippen molar-refractivity contribution in [1.29, 1.82) is 0 Å². The first-order valence-electron chi connectivity index (χ1n) is 20.9. The molecule has 2 aliphatic rings. The fourth-order valence-corrected chi connectivity index (χ4v) is 7.88. The Bertz CT molecular complexity index is 3030. The first-order valence-corrected chi connectivity index (χ1v) is 20.9. The number of rotatable bonds is 4. The van der Waals surface area contributed by atoms with E-state index in [1.165, 1.54) is 27.2 Å². The number of hydrogen-bond donors (Lipinski definition) is 0. The summed E-state index contributed by atoms with van der Waals surface area (Å²) in [6, 6.07) is 45.1. The minimum Gasteiger partial charge on any atom is -0.455 e. The van der Waals surface area contributed by atoms with Crippen LogP contribution in [0.2, 0.25) is 0 Å². The molecule has 10 rings (SSSR count). The summed E-state index contributed by atoms with van der Waals surface area (Å²) in [5.41, 5.74) is 15.0. The number of benzene rings is 6. The van der Waals surface area contributed by atoms with Gasteiger partial charge in [-0.3, -0.25) is 4.99 Å². The van der Waals surface area contributed by atoms with Gasteiger partial charge in [0.25, 0.3) is 0 Å². The minimum absolute atomic E-state index is 0.211. The molecule has 4 nitrogen and oxygen atoms in total. The highest BCUT2D eigenvalue weighted by Crippen LogP contribution is 2.41. The molecule has 3 heterocycles. The summed E-state index contributed by atoms with van der Waals surface area (Å²) in [7, 11) is 2.13. The molecular weight excluding hydrogens is 743 g/mol. The smallest absolute Gasteiger partial charge is 0.147 e. The number of furan rings is 1. The van der Waals surface area contributed by atoms with Crippen molar-refractivity contribution >= 4 is 67.2 Å². The number of para-hydroxylation sites is 3. The lowest BCUT2D eigenvalue weighted by Gasteiger charge is -2.34. The maximum atomic E-state index is 6.48. The van der Waals surface area contributed by atoms with Gasteiger partial charge < -0.3 is 13.9 Å². The molecule has 0 N–H and O–H groups in total. The predicted octanol–water partition coefficient (Wildman–Crippen LogP) is 15.8. The molecule has 1 unspecified atom stereocenters. The van der Waals surface area contributed by atoms with Crippen LogP contribution >= 0.6 is 0 Å². The number of anilines is 1. The van der Waals surface area contributed by atoms with Crippen LogP contribution in [0.3, 0.4) is 0 Å². The molecule has 302 valence electrons. The van der Waals surface area contributed by atoms with Gasteiger partial charge >= 0.3 is 0 Å². The molecule has 0 saturated carbocycles. The van der Waals surface area contributed by atoms with Gasteiger partial charge in [-0.05, 0) is 93.4 Å². The molecule has 1 aliphatic carbocycles. The highest BCUT2D eigenvalue weighted by Gasteiger charge is 2.29. The second kappa shape index (κ2) is 19.6. The third kappa shape index (κ3) is 8.41.